The van der Waals surface area contributed by atoms with Crippen molar-refractivity contribution in [2.75, 3.05) is 13.2 Å². The Morgan fingerprint density at radius 1 is 1.09 bits per heavy atom. The fourth-order valence-electron chi connectivity index (χ4n) is 4.02. The molecule has 1 N–H and O–H groups in total. The zero-order valence-electron chi connectivity index (χ0n) is 17.7. The lowest BCUT2D eigenvalue weighted by molar-refractivity contribution is -0.384. The highest BCUT2D eigenvalue weighted by Crippen LogP contribution is 2.44. The van der Waals surface area contributed by atoms with Crippen LogP contribution in [0.5, 0.6) is 0 Å². The number of nitrogens with one attached hydrogen (secondary N) is 1. The van der Waals surface area contributed by atoms with E-state index in [1.54, 1.807) is 12.2 Å². The van der Waals surface area contributed by atoms with E-state index in [4.69, 9.17) is 4.74 Å². The number of alkyl carbamates (subject to hydrolysis) is 1. The number of nitriles is 1. The van der Waals surface area contributed by atoms with Crippen LogP contribution >= 0.6 is 0 Å². The topological polar surface area (TPSA) is 105 Å². The number of fused-ring (bicyclic) bond motifs is 3. The van der Waals surface area contributed by atoms with Gasteiger partial charge in [-0.1, -0.05) is 60.7 Å². The molecule has 7 heteroatoms. The second-order valence-corrected chi connectivity index (χ2v) is 7.58. The molecule has 0 radical (unpaired) electrons. The highest BCUT2D eigenvalue weighted by Gasteiger charge is 2.28. The Kier molecular flexibility index (Phi) is 6.46. The predicted octanol–water partition coefficient (Wildman–Crippen LogP) is 5.41. The number of ether oxygens (including phenoxy) is 1. The summed E-state index contributed by atoms with van der Waals surface area (Å²) in [6, 6.07) is 22.4. The molecule has 0 atom stereocenters. The van der Waals surface area contributed by atoms with Gasteiger partial charge in [0.15, 0.2) is 0 Å². The first-order chi connectivity index (χ1) is 16.1. The number of hydrogen-bond acceptors (Lipinski definition) is 5. The van der Waals surface area contributed by atoms with Gasteiger partial charge in [0.2, 0.25) is 0 Å². The summed E-state index contributed by atoms with van der Waals surface area (Å²) < 4.78 is 5.50. The fraction of sp³-hybridized carbons (Fsp3) is 0.154. The molecule has 0 saturated heterocycles. The standard InChI is InChI=1S/C26H21N3O4/c27-16-19-15-20(29(31)32)13-12-18(19)7-5-6-14-28-26(30)33-17-25-23-10-3-1-8-21(23)22-9-2-4-11-24(22)25/h1-5,7-13,15,25H,6,14,17H2,(H,28,30). The van der Waals surface area contributed by atoms with Crippen LogP contribution in [0.2, 0.25) is 0 Å². The molecular formula is C26H21N3O4. The van der Waals surface area contributed by atoms with Crippen molar-refractivity contribution in [3.8, 4) is 17.2 Å². The maximum atomic E-state index is 12.2. The number of rotatable bonds is 7. The summed E-state index contributed by atoms with van der Waals surface area (Å²) in [6.45, 7) is 0.617. The molecule has 3 aromatic carbocycles. The Labute approximate surface area is 191 Å². The summed E-state index contributed by atoms with van der Waals surface area (Å²) >= 11 is 0. The Balaban J connectivity index is 1.28. The molecule has 0 saturated carbocycles. The lowest BCUT2D eigenvalue weighted by atomic mass is 9.98. The molecule has 0 spiro atoms. The Morgan fingerprint density at radius 2 is 1.76 bits per heavy atom. The third-order valence-corrected chi connectivity index (χ3v) is 5.59. The van der Waals surface area contributed by atoms with E-state index >= 15 is 0 Å². The zero-order valence-corrected chi connectivity index (χ0v) is 17.7. The summed E-state index contributed by atoms with van der Waals surface area (Å²) in [6.07, 6.45) is 3.54. The van der Waals surface area contributed by atoms with Crippen molar-refractivity contribution in [1.82, 2.24) is 5.32 Å². The quantitative estimate of drug-likeness (QED) is 0.301. The van der Waals surface area contributed by atoms with Gasteiger partial charge in [0.25, 0.3) is 5.69 Å². The monoisotopic (exact) mass is 439 g/mol. The third-order valence-electron chi connectivity index (χ3n) is 5.59. The van der Waals surface area contributed by atoms with Crippen molar-refractivity contribution in [1.29, 1.82) is 5.26 Å². The Bertz CT molecular complexity index is 1230. The highest BCUT2D eigenvalue weighted by atomic mass is 16.6. The summed E-state index contributed by atoms with van der Waals surface area (Å²) in [5.41, 5.74) is 5.36. The van der Waals surface area contributed by atoms with E-state index in [0.717, 1.165) is 11.1 Å². The van der Waals surface area contributed by atoms with Crippen LogP contribution in [0.3, 0.4) is 0 Å². The van der Waals surface area contributed by atoms with Gasteiger partial charge in [-0.15, -0.1) is 0 Å². The molecule has 1 aliphatic rings. The van der Waals surface area contributed by atoms with E-state index in [1.807, 2.05) is 30.3 Å². The molecule has 0 bridgehead atoms. The third kappa shape index (κ3) is 4.75. The van der Waals surface area contributed by atoms with Gasteiger partial charge in [-0.05, 0) is 40.3 Å². The number of amides is 1. The predicted molar refractivity (Wildman–Crippen MR) is 125 cm³/mol. The summed E-state index contributed by atoms with van der Waals surface area (Å²) in [7, 11) is 0. The van der Waals surface area contributed by atoms with E-state index in [-0.39, 0.29) is 23.8 Å². The number of non-ortho nitro benzene ring substituents is 1. The van der Waals surface area contributed by atoms with E-state index in [9.17, 15) is 20.2 Å². The number of nitro groups is 1. The summed E-state index contributed by atoms with van der Waals surface area (Å²) in [5, 5.41) is 22.7. The van der Waals surface area contributed by atoms with Crippen molar-refractivity contribution in [3.63, 3.8) is 0 Å². The number of nitrogens with zero attached hydrogens (tertiary/aromatic N) is 2. The number of nitro benzene ring substituents is 1. The van der Waals surface area contributed by atoms with Crippen molar-refractivity contribution < 1.29 is 14.5 Å². The van der Waals surface area contributed by atoms with Gasteiger partial charge in [0.05, 0.1) is 10.5 Å². The van der Waals surface area contributed by atoms with Crippen LogP contribution in [0.25, 0.3) is 17.2 Å². The summed E-state index contributed by atoms with van der Waals surface area (Å²) in [5.74, 6) is 0.00888. The number of benzene rings is 3. The van der Waals surface area contributed by atoms with Crippen LogP contribution in [0.1, 0.15) is 34.6 Å². The van der Waals surface area contributed by atoms with Gasteiger partial charge < -0.3 is 10.1 Å². The fourth-order valence-corrected chi connectivity index (χ4v) is 4.02. The van der Waals surface area contributed by atoms with Crippen LogP contribution in [-0.2, 0) is 4.74 Å². The molecule has 7 nitrogen and oxygen atoms in total. The number of carbonyl (C=O) groups is 1. The largest absolute Gasteiger partial charge is 0.449 e. The molecule has 0 unspecified atom stereocenters. The van der Waals surface area contributed by atoms with Crippen LogP contribution in [0, 0.1) is 21.4 Å². The van der Waals surface area contributed by atoms with Gasteiger partial charge in [0.1, 0.15) is 12.7 Å². The Hall–Kier alpha value is -4.44. The molecule has 0 aromatic heterocycles. The zero-order chi connectivity index (χ0) is 23.2. The lowest BCUT2D eigenvalue weighted by Gasteiger charge is -2.14. The average Bonchev–Trinajstić information content (AvgIpc) is 3.16. The summed E-state index contributed by atoms with van der Waals surface area (Å²) in [4.78, 5) is 22.5. The molecule has 1 aliphatic carbocycles. The first-order valence-electron chi connectivity index (χ1n) is 10.5. The Morgan fingerprint density at radius 3 is 2.39 bits per heavy atom. The molecule has 3 aromatic rings. The van der Waals surface area contributed by atoms with Gasteiger partial charge in [-0.25, -0.2) is 4.79 Å². The van der Waals surface area contributed by atoms with E-state index in [1.165, 1.54) is 29.3 Å². The molecule has 164 valence electrons. The van der Waals surface area contributed by atoms with Crippen LogP contribution in [-0.4, -0.2) is 24.2 Å². The van der Waals surface area contributed by atoms with Gasteiger partial charge in [-0.3, -0.25) is 10.1 Å². The molecule has 0 heterocycles. The molecule has 0 aliphatic heterocycles. The van der Waals surface area contributed by atoms with Crippen molar-refractivity contribution in [2.24, 2.45) is 0 Å². The van der Waals surface area contributed by atoms with Gasteiger partial charge >= 0.3 is 6.09 Å². The normalized spacial score (nSPS) is 12.1. The van der Waals surface area contributed by atoms with Crippen LogP contribution in [0.4, 0.5) is 10.5 Å². The van der Waals surface area contributed by atoms with Crippen molar-refractivity contribution in [2.45, 2.75) is 12.3 Å². The molecule has 33 heavy (non-hydrogen) atoms. The average molecular weight is 439 g/mol. The maximum Gasteiger partial charge on any atom is 0.407 e. The number of hydrogen-bond donors (Lipinski definition) is 1. The van der Waals surface area contributed by atoms with Crippen LogP contribution < -0.4 is 5.32 Å². The first-order valence-corrected chi connectivity index (χ1v) is 10.5. The second-order valence-electron chi connectivity index (χ2n) is 7.58. The number of carbonyl (C=O) groups excluding carboxylic acids is 1. The second kappa shape index (κ2) is 9.79. The first kappa shape index (κ1) is 21.8. The molecule has 1 amide bonds. The molecule has 0 fully saturated rings. The van der Waals surface area contributed by atoms with E-state index in [2.05, 4.69) is 29.6 Å². The van der Waals surface area contributed by atoms with Crippen molar-refractivity contribution >= 4 is 17.9 Å². The minimum Gasteiger partial charge on any atom is -0.449 e. The lowest BCUT2D eigenvalue weighted by Crippen LogP contribution is -2.26. The SMILES string of the molecule is N#Cc1cc([N+](=O)[O-])ccc1C=CCCNC(=O)OCC1c2ccccc2-c2ccccc21. The van der Waals surface area contributed by atoms with Gasteiger partial charge in [-0.2, -0.15) is 5.26 Å². The minimum atomic E-state index is -0.535. The van der Waals surface area contributed by atoms with Crippen molar-refractivity contribution in [3.05, 3.63) is 105 Å². The van der Waals surface area contributed by atoms with Gasteiger partial charge in [0, 0.05) is 24.6 Å². The molecular weight excluding hydrogens is 418 g/mol. The smallest absolute Gasteiger partial charge is 0.407 e. The minimum absolute atomic E-state index is 0.00888. The van der Waals surface area contributed by atoms with E-state index < -0.39 is 11.0 Å². The van der Waals surface area contributed by atoms with Crippen LogP contribution in [0.15, 0.2) is 72.8 Å². The molecule has 4 rings (SSSR count). The highest BCUT2D eigenvalue weighted by molar-refractivity contribution is 5.79. The van der Waals surface area contributed by atoms with E-state index in [0.29, 0.717) is 18.5 Å². The maximum absolute atomic E-state index is 12.2.